The highest BCUT2D eigenvalue weighted by molar-refractivity contribution is 5.99. The van der Waals surface area contributed by atoms with Gasteiger partial charge in [-0.05, 0) is 61.4 Å². The number of aromatic nitrogens is 5. The molecule has 0 unspecified atom stereocenters. The zero-order chi connectivity index (χ0) is 26.3. The fourth-order valence-electron chi connectivity index (χ4n) is 5.48. The molecule has 1 saturated carbocycles. The molecule has 6 aromatic rings. The summed E-state index contributed by atoms with van der Waals surface area (Å²) in [6.07, 6.45) is 5.86. The van der Waals surface area contributed by atoms with Gasteiger partial charge in [-0.2, -0.15) is 5.10 Å². The van der Waals surface area contributed by atoms with Crippen LogP contribution in [0.25, 0.3) is 55.8 Å². The highest BCUT2D eigenvalue weighted by Crippen LogP contribution is 2.34. The Hall–Kier alpha value is -4.85. The molecule has 1 aliphatic carbocycles. The van der Waals surface area contributed by atoms with Gasteiger partial charge in [-0.25, -0.2) is 9.37 Å². The lowest BCUT2D eigenvalue weighted by atomic mass is 10.1. The number of hydrogen-bond donors (Lipinski definition) is 3. The Bertz CT molecular complexity index is 1850. The van der Waals surface area contributed by atoms with Crippen molar-refractivity contribution in [2.45, 2.75) is 25.7 Å². The predicted molar refractivity (Wildman–Crippen MR) is 150 cm³/mol. The van der Waals surface area contributed by atoms with Gasteiger partial charge in [0.2, 0.25) is 5.91 Å². The molecule has 1 amide bonds. The molecule has 1 fully saturated rings. The first kappa shape index (κ1) is 23.3. The second-order valence-electron chi connectivity index (χ2n) is 10.0. The third kappa shape index (κ3) is 4.33. The molecule has 8 heteroatoms. The van der Waals surface area contributed by atoms with E-state index in [-0.39, 0.29) is 17.6 Å². The van der Waals surface area contributed by atoms with Gasteiger partial charge in [-0.3, -0.25) is 14.9 Å². The summed E-state index contributed by atoms with van der Waals surface area (Å²) in [6.45, 7) is 0. The zero-order valence-corrected chi connectivity index (χ0v) is 21.0. The number of nitrogens with zero attached hydrogens (tertiary/aromatic N) is 3. The number of anilines is 1. The summed E-state index contributed by atoms with van der Waals surface area (Å²) in [7, 11) is 0. The molecule has 0 radical (unpaired) electrons. The van der Waals surface area contributed by atoms with Crippen LogP contribution in [0.5, 0.6) is 0 Å². The molecule has 39 heavy (non-hydrogen) atoms. The Kier molecular flexibility index (Phi) is 5.65. The number of nitrogens with one attached hydrogen (secondary N) is 3. The maximum Gasteiger partial charge on any atom is 0.227 e. The van der Waals surface area contributed by atoms with Gasteiger partial charge in [0.15, 0.2) is 0 Å². The van der Waals surface area contributed by atoms with Gasteiger partial charge in [-0.1, -0.05) is 37.1 Å². The summed E-state index contributed by atoms with van der Waals surface area (Å²) in [5.41, 5.74) is 7.72. The van der Waals surface area contributed by atoms with Crippen molar-refractivity contribution < 1.29 is 9.18 Å². The fraction of sp³-hybridized carbons (Fsp3) is 0.161. The van der Waals surface area contributed by atoms with Crippen molar-refractivity contribution in [1.82, 2.24) is 25.1 Å². The van der Waals surface area contributed by atoms with Crippen LogP contribution in [0.2, 0.25) is 0 Å². The molecule has 2 aromatic carbocycles. The van der Waals surface area contributed by atoms with Crippen LogP contribution in [-0.4, -0.2) is 31.1 Å². The molecule has 1 aliphatic rings. The Labute approximate surface area is 223 Å². The summed E-state index contributed by atoms with van der Waals surface area (Å²) < 4.78 is 13.9. The monoisotopic (exact) mass is 516 g/mol. The highest BCUT2D eigenvalue weighted by Gasteiger charge is 2.23. The quantitative estimate of drug-likeness (QED) is 0.227. The van der Waals surface area contributed by atoms with Crippen LogP contribution in [0.4, 0.5) is 10.1 Å². The molecule has 0 aliphatic heterocycles. The Balaban J connectivity index is 1.25. The first-order chi connectivity index (χ1) is 19.1. The van der Waals surface area contributed by atoms with Crippen LogP contribution >= 0.6 is 0 Å². The van der Waals surface area contributed by atoms with E-state index in [0.717, 1.165) is 70.3 Å². The number of pyridine rings is 2. The zero-order valence-electron chi connectivity index (χ0n) is 21.0. The number of halogens is 1. The second kappa shape index (κ2) is 9.47. The standard InChI is InChI=1S/C31H25FN6O/c32-21-9-3-8-20(15-21)28-23-17-27(35-25(23)13-14-33-28)30-29-26(37-38-30)12-11-24(36-29)19-7-4-10-22(16-19)34-31(39)18-5-1-2-6-18/h3-4,7-18,35H,1-2,5-6H2,(H,34,39)(H,37,38). The number of benzene rings is 2. The molecular weight excluding hydrogens is 491 g/mol. The van der Waals surface area contributed by atoms with Gasteiger partial charge >= 0.3 is 0 Å². The second-order valence-corrected chi connectivity index (χ2v) is 10.0. The van der Waals surface area contributed by atoms with E-state index in [1.165, 1.54) is 12.1 Å². The fourth-order valence-corrected chi connectivity index (χ4v) is 5.48. The lowest BCUT2D eigenvalue weighted by Gasteiger charge is -2.11. The van der Waals surface area contributed by atoms with Crippen LogP contribution in [0.3, 0.4) is 0 Å². The normalized spacial score (nSPS) is 13.9. The summed E-state index contributed by atoms with van der Waals surface area (Å²) in [6, 6.07) is 22.0. The first-order valence-corrected chi connectivity index (χ1v) is 13.1. The lowest BCUT2D eigenvalue weighted by Crippen LogP contribution is -2.20. The van der Waals surface area contributed by atoms with Gasteiger partial charge < -0.3 is 10.3 Å². The van der Waals surface area contributed by atoms with E-state index in [1.54, 1.807) is 12.3 Å². The van der Waals surface area contributed by atoms with E-state index >= 15 is 0 Å². The minimum Gasteiger partial charge on any atom is -0.353 e. The van der Waals surface area contributed by atoms with Crippen molar-refractivity contribution in [3.8, 4) is 33.9 Å². The SMILES string of the molecule is O=C(Nc1cccc(-c2ccc3[nH]nc(-c4cc5c(-c6cccc(F)c6)nccc5[nH]4)c3n2)c1)C1CCCC1. The Morgan fingerprint density at radius 3 is 2.62 bits per heavy atom. The van der Waals surface area contributed by atoms with E-state index < -0.39 is 0 Å². The molecule has 0 atom stereocenters. The van der Waals surface area contributed by atoms with Crippen molar-refractivity contribution in [1.29, 1.82) is 0 Å². The van der Waals surface area contributed by atoms with Crippen molar-refractivity contribution in [3.05, 3.63) is 84.8 Å². The summed E-state index contributed by atoms with van der Waals surface area (Å²) in [5.74, 6) is -0.111. The number of carbonyl (C=O) groups excluding carboxylic acids is 1. The number of aromatic amines is 2. The van der Waals surface area contributed by atoms with Crippen molar-refractivity contribution >= 4 is 33.5 Å². The number of hydrogen-bond acceptors (Lipinski definition) is 4. The summed E-state index contributed by atoms with van der Waals surface area (Å²) in [5, 5.41) is 11.6. The molecular formula is C31H25FN6O. The van der Waals surface area contributed by atoms with Gasteiger partial charge in [0, 0.05) is 39.8 Å². The van der Waals surface area contributed by atoms with E-state index in [2.05, 4.69) is 25.5 Å². The van der Waals surface area contributed by atoms with E-state index in [4.69, 9.17) is 4.98 Å². The van der Waals surface area contributed by atoms with Gasteiger partial charge in [0.05, 0.1) is 22.6 Å². The average molecular weight is 517 g/mol. The van der Waals surface area contributed by atoms with Crippen LogP contribution in [0, 0.1) is 11.7 Å². The number of fused-ring (bicyclic) bond motifs is 2. The highest BCUT2D eigenvalue weighted by atomic mass is 19.1. The largest absolute Gasteiger partial charge is 0.353 e. The third-order valence-corrected chi connectivity index (χ3v) is 7.46. The molecule has 192 valence electrons. The number of amides is 1. The first-order valence-electron chi connectivity index (χ1n) is 13.1. The molecule has 3 N–H and O–H groups in total. The topological polar surface area (TPSA) is 99.4 Å². The van der Waals surface area contributed by atoms with Crippen molar-refractivity contribution in [2.24, 2.45) is 5.92 Å². The third-order valence-electron chi connectivity index (χ3n) is 7.46. The van der Waals surface area contributed by atoms with Gasteiger partial charge in [-0.15, -0.1) is 0 Å². The van der Waals surface area contributed by atoms with E-state index in [1.807, 2.05) is 54.6 Å². The molecule has 7 nitrogen and oxygen atoms in total. The molecule has 4 aromatic heterocycles. The molecule has 4 heterocycles. The minimum atomic E-state index is -0.306. The van der Waals surface area contributed by atoms with Gasteiger partial charge in [0.25, 0.3) is 0 Å². The van der Waals surface area contributed by atoms with E-state index in [9.17, 15) is 9.18 Å². The van der Waals surface area contributed by atoms with Crippen molar-refractivity contribution in [2.75, 3.05) is 5.32 Å². The molecule has 0 saturated heterocycles. The smallest absolute Gasteiger partial charge is 0.227 e. The van der Waals surface area contributed by atoms with Crippen molar-refractivity contribution in [3.63, 3.8) is 0 Å². The number of H-pyrrole nitrogens is 2. The van der Waals surface area contributed by atoms with Crippen LogP contribution in [0.15, 0.2) is 79.0 Å². The van der Waals surface area contributed by atoms with Crippen LogP contribution < -0.4 is 5.32 Å². The predicted octanol–water partition coefficient (Wildman–Crippen LogP) is 7.10. The maximum atomic E-state index is 13.9. The Morgan fingerprint density at radius 2 is 1.74 bits per heavy atom. The molecule has 7 rings (SSSR count). The summed E-state index contributed by atoms with van der Waals surface area (Å²) >= 11 is 0. The molecule has 0 bridgehead atoms. The number of carbonyl (C=O) groups is 1. The van der Waals surface area contributed by atoms with Crippen LogP contribution in [0.1, 0.15) is 25.7 Å². The summed E-state index contributed by atoms with van der Waals surface area (Å²) in [4.78, 5) is 25.5. The molecule has 0 spiro atoms. The number of rotatable bonds is 5. The Morgan fingerprint density at radius 1 is 0.897 bits per heavy atom. The minimum absolute atomic E-state index is 0.0936. The van der Waals surface area contributed by atoms with E-state index in [0.29, 0.717) is 17.0 Å². The maximum absolute atomic E-state index is 13.9. The van der Waals surface area contributed by atoms with Crippen LogP contribution in [-0.2, 0) is 4.79 Å². The lowest BCUT2D eigenvalue weighted by molar-refractivity contribution is -0.119. The van der Waals surface area contributed by atoms with Gasteiger partial charge in [0.1, 0.15) is 17.0 Å². The average Bonchev–Trinajstić information content (AvgIpc) is 3.72.